The molecule has 13 heavy (non-hydrogen) atoms. The first kappa shape index (κ1) is 9.47. The Labute approximate surface area is 80.6 Å². The van der Waals surface area contributed by atoms with Crippen LogP contribution in [0.4, 0.5) is 0 Å². The van der Waals surface area contributed by atoms with E-state index in [1.807, 2.05) is 0 Å². The second-order valence-electron chi connectivity index (χ2n) is 4.75. The van der Waals surface area contributed by atoms with Crippen LogP contribution in [0.15, 0.2) is 0 Å². The van der Waals surface area contributed by atoms with E-state index >= 15 is 0 Å². The summed E-state index contributed by atoms with van der Waals surface area (Å²) < 4.78 is 11.5. The quantitative estimate of drug-likeness (QED) is 0.623. The first-order valence-corrected chi connectivity index (χ1v) is 5.47. The molecule has 0 amide bonds. The summed E-state index contributed by atoms with van der Waals surface area (Å²) in [5.74, 6) is 1.94. The minimum Gasteiger partial charge on any atom is -0.352 e. The molecule has 0 bridgehead atoms. The standard InChI is InChI=1S/C11H20O2/c1-7(2)10-8(3)9-5-4-6-12-11(9)13-10/h7-11H,4-6H2,1-3H3/t8-,9-,10?,11+/m1/s1. The zero-order valence-corrected chi connectivity index (χ0v) is 8.82. The van der Waals surface area contributed by atoms with Gasteiger partial charge in [0.2, 0.25) is 0 Å². The Kier molecular flexibility index (Phi) is 2.61. The highest BCUT2D eigenvalue weighted by atomic mass is 16.7. The molecule has 2 heteroatoms. The molecule has 4 atom stereocenters. The van der Waals surface area contributed by atoms with Crippen molar-refractivity contribution in [1.82, 2.24) is 0 Å². The molecule has 2 fully saturated rings. The lowest BCUT2D eigenvalue weighted by Crippen LogP contribution is -2.27. The Morgan fingerprint density at radius 3 is 2.69 bits per heavy atom. The Morgan fingerprint density at radius 2 is 2.08 bits per heavy atom. The Morgan fingerprint density at radius 1 is 1.31 bits per heavy atom. The van der Waals surface area contributed by atoms with Crippen LogP contribution in [-0.4, -0.2) is 19.0 Å². The van der Waals surface area contributed by atoms with Gasteiger partial charge in [0.1, 0.15) is 0 Å². The summed E-state index contributed by atoms with van der Waals surface area (Å²) in [5.41, 5.74) is 0. The fraction of sp³-hybridized carbons (Fsp3) is 1.00. The van der Waals surface area contributed by atoms with Crippen LogP contribution in [0.1, 0.15) is 33.6 Å². The molecule has 0 spiro atoms. The van der Waals surface area contributed by atoms with Crippen LogP contribution >= 0.6 is 0 Å². The lowest BCUT2D eigenvalue weighted by molar-refractivity contribution is -0.171. The summed E-state index contributed by atoms with van der Waals surface area (Å²) in [6.07, 6.45) is 3.01. The van der Waals surface area contributed by atoms with Crippen LogP contribution in [0, 0.1) is 17.8 Å². The van der Waals surface area contributed by atoms with Crippen molar-refractivity contribution < 1.29 is 9.47 Å². The lowest BCUT2D eigenvalue weighted by atomic mass is 9.83. The van der Waals surface area contributed by atoms with E-state index in [1.54, 1.807) is 0 Å². The highest BCUT2D eigenvalue weighted by Crippen LogP contribution is 2.41. The molecule has 0 radical (unpaired) electrons. The monoisotopic (exact) mass is 184 g/mol. The maximum absolute atomic E-state index is 5.92. The normalized spacial score (nSPS) is 45.2. The van der Waals surface area contributed by atoms with Crippen molar-refractivity contribution >= 4 is 0 Å². The van der Waals surface area contributed by atoms with Gasteiger partial charge in [-0.2, -0.15) is 0 Å². The first-order chi connectivity index (χ1) is 6.20. The number of rotatable bonds is 1. The van der Waals surface area contributed by atoms with E-state index in [4.69, 9.17) is 9.47 Å². The molecule has 0 N–H and O–H groups in total. The average molecular weight is 184 g/mol. The number of hydrogen-bond acceptors (Lipinski definition) is 2. The zero-order valence-electron chi connectivity index (χ0n) is 8.82. The van der Waals surface area contributed by atoms with E-state index < -0.39 is 0 Å². The molecule has 2 aliphatic heterocycles. The number of ether oxygens (including phenoxy) is 2. The maximum Gasteiger partial charge on any atom is 0.161 e. The van der Waals surface area contributed by atoms with Crippen LogP contribution in [0.2, 0.25) is 0 Å². The predicted molar refractivity (Wildman–Crippen MR) is 51.3 cm³/mol. The summed E-state index contributed by atoms with van der Waals surface area (Å²) >= 11 is 0. The first-order valence-electron chi connectivity index (χ1n) is 5.47. The summed E-state index contributed by atoms with van der Waals surface area (Å²) in [6, 6.07) is 0. The van der Waals surface area contributed by atoms with Gasteiger partial charge in [-0.1, -0.05) is 20.8 Å². The minimum atomic E-state index is 0.108. The van der Waals surface area contributed by atoms with Gasteiger partial charge in [0, 0.05) is 12.5 Å². The van der Waals surface area contributed by atoms with Gasteiger partial charge in [-0.15, -0.1) is 0 Å². The fourth-order valence-electron chi connectivity index (χ4n) is 2.72. The van der Waals surface area contributed by atoms with Crippen LogP contribution in [0.5, 0.6) is 0 Å². The van der Waals surface area contributed by atoms with Gasteiger partial charge in [-0.25, -0.2) is 0 Å². The van der Waals surface area contributed by atoms with E-state index in [1.165, 1.54) is 12.8 Å². The molecule has 1 unspecified atom stereocenters. The molecule has 2 aliphatic rings. The van der Waals surface area contributed by atoms with Crippen molar-refractivity contribution in [3.05, 3.63) is 0 Å². The van der Waals surface area contributed by atoms with Crippen LogP contribution in [0.25, 0.3) is 0 Å². The molecular weight excluding hydrogens is 164 g/mol. The van der Waals surface area contributed by atoms with Crippen LogP contribution < -0.4 is 0 Å². The fourth-order valence-corrected chi connectivity index (χ4v) is 2.72. The van der Waals surface area contributed by atoms with E-state index in [2.05, 4.69) is 20.8 Å². The SMILES string of the molecule is CC(C)C1O[C@@H]2OCCC[C@@H]2[C@H]1C. The van der Waals surface area contributed by atoms with Gasteiger partial charge in [0.05, 0.1) is 6.10 Å². The molecule has 0 saturated carbocycles. The second kappa shape index (κ2) is 3.58. The van der Waals surface area contributed by atoms with E-state index in [-0.39, 0.29) is 6.29 Å². The maximum atomic E-state index is 5.92. The highest BCUT2D eigenvalue weighted by Gasteiger charge is 2.44. The Hall–Kier alpha value is -0.0800. The molecule has 0 aromatic rings. The molecule has 2 rings (SSSR count). The summed E-state index contributed by atoms with van der Waals surface area (Å²) in [7, 11) is 0. The topological polar surface area (TPSA) is 18.5 Å². The Balaban J connectivity index is 2.05. The number of fused-ring (bicyclic) bond motifs is 1. The molecule has 0 aromatic carbocycles. The van der Waals surface area contributed by atoms with Crippen molar-refractivity contribution in [2.75, 3.05) is 6.61 Å². The predicted octanol–water partition coefficient (Wildman–Crippen LogP) is 2.43. The minimum absolute atomic E-state index is 0.108. The lowest BCUT2D eigenvalue weighted by Gasteiger charge is -2.25. The van der Waals surface area contributed by atoms with E-state index in [0.29, 0.717) is 23.9 Å². The number of hydrogen-bond donors (Lipinski definition) is 0. The van der Waals surface area contributed by atoms with Crippen molar-refractivity contribution in [3.63, 3.8) is 0 Å². The van der Waals surface area contributed by atoms with Gasteiger partial charge in [0.25, 0.3) is 0 Å². The Bertz CT molecular complexity index is 177. The van der Waals surface area contributed by atoms with Crippen molar-refractivity contribution in [2.24, 2.45) is 17.8 Å². The molecule has 76 valence electrons. The van der Waals surface area contributed by atoms with Crippen LogP contribution in [-0.2, 0) is 9.47 Å². The summed E-state index contributed by atoms with van der Waals surface area (Å²) in [4.78, 5) is 0. The molecule has 0 aliphatic carbocycles. The third-order valence-electron chi connectivity index (χ3n) is 3.46. The molecule has 2 heterocycles. The van der Waals surface area contributed by atoms with Gasteiger partial charge < -0.3 is 9.47 Å². The van der Waals surface area contributed by atoms with Crippen molar-refractivity contribution in [3.8, 4) is 0 Å². The van der Waals surface area contributed by atoms with Gasteiger partial charge in [-0.05, 0) is 24.7 Å². The van der Waals surface area contributed by atoms with Gasteiger partial charge in [0.15, 0.2) is 6.29 Å². The third kappa shape index (κ3) is 1.62. The molecular formula is C11H20O2. The highest BCUT2D eigenvalue weighted by molar-refractivity contribution is 4.87. The molecule has 2 nitrogen and oxygen atoms in total. The van der Waals surface area contributed by atoms with E-state index in [9.17, 15) is 0 Å². The molecule has 2 saturated heterocycles. The summed E-state index contributed by atoms with van der Waals surface area (Å²) in [6.45, 7) is 7.67. The molecule has 0 aromatic heterocycles. The van der Waals surface area contributed by atoms with Crippen molar-refractivity contribution in [1.29, 1.82) is 0 Å². The zero-order chi connectivity index (χ0) is 9.42. The summed E-state index contributed by atoms with van der Waals surface area (Å²) in [5, 5.41) is 0. The third-order valence-corrected chi connectivity index (χ3v) is 3.46. The second-order valence-corrected chi connectivity index (χ2v) is 4.75. The average Bonchev–Trinajstić information content (AvgIpc) is 2.45. The van der Waals surface area contributed by atoms with Gasteiger partial charge in [-0.3, -0.25) is 0 Å². The van der Waals surface area contributed by atoms with Crippen molar-refractivity contribution in [2.45, 2.75) is 46.0 Å². The smallest absolute Gasteiger partial charge is 0.161 e. The van der Waals surface area contributed by atoms with E-state index in [0.717, 1.165) is 6.61 Å². The largest absolute Gasteiger partial charge is 0.352 e. The van der Waals surface area contributed by atoms with Gasteiger partial charge >= 0.3 is 0 Å². The van der Waals surface area contributed by atoms with Crippen LogP contribution in [0.3, 0.4) is 0 Å².